The molecule has 150 valence electrons. The predicted octanol–water partition coefficient (Wildman–Crippen LogP) is 4.44. The molecule has 30 heavy (non-hydrogen) atoms. The van der Waals surface area contributed by atoms with Crippen molar-refractivity contribution in [2.75, 3.05) is 24.7 Å². The van der Waals surface area contributed by atoms with Crippen LogP contribution in [0.15, 0.2) is 76.5 Å². The maximum absolute atomic E-state index is 13.1. The third-order valence-electron chi connectivity index (χ3n) is 4.79. The number of fused-ring (bicyclic) bond motifs is 3. The smallest absolute Gasteiger partial charge is 0.338 e. The summed E-state index contributed by atoms with van der Waals surface area (Å²) in [6.07, 6.45) is 0. The topological polar surface area (TPSA) is 65.1 Å². The maximum Gasteiger partial charge on any atom is 0.338 e. The van der Waals surface area contributed by atoms with Crippen LogP contribution in [0.1, 0.15) is 10.4 Å². The van der Waals surface area contributed by atoms with Crippen molar-refractivity contribution >= 4 is 35.0 Å². The SMILES string of the molecule is O=C(OCC(=O)N1c2ccccc2Sc2ccccc21)c1ccc2c(c1)OCCO2. The molecule has 3 aromatic rings. The van der Waals surface area contributed by atoms with Crippen molar-refractivity contribution in [1.82, 2.24) is 0 Å². The second-order valence-electron chi connectivity index (χ2n) is 6.70. The molecule has 0 N–H and O–H groups in total. The number of amides is 1. The molecule has 0 saturated carbocycles. The van der Waals surface area contributed by atoms with Crippen LogP contribution in [-0.2, 0) is 9.53 Å². The number of esters is 1. The molecule has 2 aliphatic rings. The van der Waals surface area contributed by atoms with Gasteiger partial charge in [-0.05, 0) is 42.5 Å². The molecule has 0 spiro atoms. The summed E-state index contributed by atoms with van der Waals surface area (Å²) < 4.78 is 16.3. The molecule has 0 aliphatic carbocycles. The lowest BCUT2D eigenvalue weighted by Gasteiger charge is -2.30. The molecule has 2 aliphatic heterocycles. The van der Waals surface area contributed by atoms with Crippen molar-refractivity contribution < 1.29 is 23.8 Å². The lowest BCUT2D eigenvalue weighted by Crippen LogP contribution is -2.32. The van der Waals surface area contributed by atoms with Crippen LogP contribution in [0.5, 0.6) is 11.5 Å². The third kappa shape index (κ3) is 3.37. The highest BCUT2D eigenvalue weighted by Crippen LogP contribution is 2.47. The number of benzene rings is 3. The lowest BCUT2D eigenvalue weighted by molar-refractivity contribution is -0.121. The zero-order chi connectivity index (χ0) is 20.5. The number of ether oxygens (including phenoxy) is 3. The second-order valence-corrected chi connectivity index (χ2v) is 7.79. The fourth-order valence-corrected chi connectivity index (χ4v) is 4.48. The van der Waals surface area contributed by atoms with Crippen molar-refractivity contribution in [2.45, 2.75) is 9.79 Å². The van der Waals surface area contributed by atoms with E-state index < -0.39 is 5.97 Å². The molecule has 1 amide bonds. The maximum atomic E-state index is 13.1. The highest BCUT2D eigenvalue weighted by Gasteiger charge is 2.28. The largest absolute Gasteiger partial charge is 0.486 e. The van der Waals surface area contributed by atoms with E-state index >= 15 is 0 Å². The van der Waals surface area contributed by atoms with E-state index in [1.54, 1.807) is 34.9 Å². The van der Waals surface area contributed by atoms with Crippen molar-refractivity contribution in [3.8, 4) is 11.5 Å². The first-order chi connectivity index (χ1) is 14.7. The Morgan fingerprint density at radius 3 is 2.20 bits per heavy atom. The van der Waals surface area contributed by atoms with E-state index in [0.717, 1.165) is 21.2 Å². The number of anilines is 2. The molecule has 6 nitrogen and oxygen atoms in total. The molecule has 0 aromatic heterocycles. The van der Waals surface area contributed by atoms with Gasteiger partial charge in [-0.15, -0.1) is 0 Å². The second kappa shape index (κ2) is 7.76. The Morgan fingerprint density at radius 2 is 1.50 bits per heavy atom. The van der Waals surface area contributed by atoms with Crippen LogP contribution < -0.4 is 14.4 Å². The average molecular weight is 419 g/mol. The number of nitrogens with zero attached hydrogens (tertiary/aromatic N) is 1. The Hall–Kier alpha value is -3.45. The summed E-state index contributed by atoms with van der Waals surface area (Å²) in [4.78, 5) is 29.2. The van der Waals surface area contributed by atoms with E-state index in [9.17, 15) is 9.59 Å². The van der Waals surface area contributed by atoms with Crippen LogP contribution in [0, 0.1) is 0 Å². The van der Waals surface area contributed by atoms with Gasteiger partial charge in [0.1, 0.15) is 13.2 Å². The van der Waals surface area contributed by atoms with E-state index in [4.69, 9.17) is 14.2 Å². The van der Waals surface area contributed by atoms with Gasteiger partial charge in [0, 0.05) is 9.79 Å². The minimum absolute atomic E-state index is 0.307. The molecular weight excluding hydrogens is 402 g/mol. The van der Waals surface area contributed by atoms with Crippen LogP contribution in [0.4, 0.5) is 11.4 Å². The van der Waals surface area contributed by atoms with Gasteiger partial charge in [0.15, 0.2) is 18.1 Å². The van der Waals surface area contributed by atoms with Gasteiger partial charge in [-0.1, -0.05) is 36.0 Å². The summed E-state index contributed by atoms with van der Waals surface area (Å²) in [6, 6.07) is 20.2. The lowest BCUT2D eigenvalue weighted by atomic mass is 10.2. The Kier molecular flexibility index (Phi) is 4.80. The van der Waals surface area contributed by atoms with E-state index in [1.807, 2.05) is 48.5 Å². The number of para-hydroxylation sites is 2. The van der Waals surface area contributed by atoms with Crippen LogP contribution in [0.25, 0.3) is 0 Å². The average Bonchev–Trinajstić information content (AvgIpc) is 2.80. The zero-order valence-electron chi connectivity index (χ0n) is 15.9. The first kappa shape index (κ1) is 18.6. The quantitative estimate of drug-likeness (QED) is 0.585. The normalized spacial score (nSPS) is 13.8. The standard InChI is InChI=1S/C23H17NO5S/c25-22(14-29-23(26)15-9-10-18-19(13-15)28-12-11-27-18)24-16-5-1-3-7-20(16)30-21-8-4-2-6-17(21)24/h1-10,13H,11-12,14H2. The Balaban J connectivity index is 1.35. The monoisotopic (exact) mass is 419 g/mol. The van der Waals surface area contributed by atoms with E-state index in [0.29, 0.717) is 30.3 Å². The summed E-state index contributed by atoms with van der Waals surface area (Å²) >= 11 is 1.61. The Morgan fingerprint density at radius 1 is 0.867 bits per heavy atom. The molecule has 7 heteroatoms. The minimum atomic E-state index is -0.590. The fraction of sp³-hybridized carbons (Fsp3) is 0.130. The van der Waals surface area contributed by atoms with Crippen molar-refractivity contribution in [3.63, 3.8) is 0 Å². The molecular formula is C23H17NO5S. The van der Waals surface area contributed by atoms with Gasteiger partial charge < -0.3 is 14.2 Å². The number of hydrogen-bond acceptors (Lipinski definition) is 6. The highest BCUT2D eigenvalue weighted by atomic mass is 32.2. The van der Waals surface area contributed by atoms with Crippen molar-refractivity contribution in [3.05, 3.63) is 72.3 Å². The van der Waals surface area contributed by atoms with Crippen molar-refractivity contribution in [2.24, 2.45) is 0 Å². The zero-order valence-corrected chi connectivity index (χ0v) is 16.7. The molecule has 2 heterocycles. The van der Waals surface area contributed by atoms with Crippen LogP contribution in [0.3, 0.4) is 0 Å². The predicted molar refractivity (Wildman–Crippen MR) is 112 cm³/mol. The minimum Gasteiger partial charge on any atom is -0.486 e. The summed E-state index contributed by atoms with van der Waals surface area (Å²) in [6.45, 7) is 0.527. The van der Waals surface area contributed by atoms with Crippen LogP contribution in [0.2, 0.25) is 0 Å². The molecule has 0 radical (unpaired) electrons. The number of carbonyl (C=O) groups is 2. The Labute approximate surface area is 177 Å². The molecule has 0 fully saturated rings. The van der Waals surface area contributed by atoms with Gasteiger partial charge in [0.05, 0.1) is 16.9 Å². The summed E-state index contributed by atoms with van der Waals surface area (Å²) in [5.41, 5.74) is 1.87. The summed E-state index contributed by atoms with van der Waals surface area (Å²) in [7, 11) is 0. The van der Waals surface area contributed by atoms with Crippen LogP contribution >= 0.6 is 11.8 Å². The molecule has 0 bridgehead atoms. The number of carbonyl (C=O) groups excluding carboxylic acids is 2. The van der Waals surface area contributed by atoms with Crippen molar-refractivity contribution in [1.29, 1.82) is 0 Å². The first-order valence-electron chi connectivity index (χ1n) is 9.46. The fourth-order valence-electron chi connectivity index (χ4n) is 3.42. The van der Waals surface area contributed by atoms with Gasteiger partial charge in [0.2, 0.25) is 0 Å². The van der Waals surface area contributed by atoms with E-state index in [2.05, 4.69) is 0 Å². The third-order valence-corrected chi connectivity index (χ3v) is 5.92. The number of hydrogen-bond donors (Lipinski definition) is 0. The van der Waals surface area contributed by atoms with Gasteiger partial charge in [-0.3, -0.25) is 9.69 Å². The van der Waals surface area contributed by atoms with Gasteiger partial charge in [-0.2, -0.15) is 0 Å². The molecule has 0 saturated heterocycles. The molecule has 3 aromatic carbocycles. The highest BCUT2D eigenvalue weighted by molar-refractivity contribution is 7.99. The van der Waals surface area contributed by atoms with E-state index in [-0.39, 0.29) is 12.5 Å². The van der Waals surface area contributed by atoms with Gasteiger partial charge in [0.25, 0.3) is 5.91 Å². The molecule has 5 rings (SSSR count). The van der Waals surface area contributed by atoms with Gasteiger partial charge >= 0.3 is 5.97 Å². The number of rotatable bonds is 3. The molecule has 0 atom stereocenters. The Bertz CT molecular complexity index is 1100. The first-order valence-corrected chi connectivity index (χ1v) is 10.3. The molecule has 0 unspecified atom stereocenters. The summed E-state index contributed by atoms with van der Waals surface area (Å²) in [5.74, 6) is 0.181. The van der Waals surface area contributed by atoms with E-state index in [1.165, 1.54) is 0 Å². The van der Waals surface area contributed by atoms with Crippen LogP contribution in [-0.4, -0.2) is 31.7 Å². The summed E-state index contributed by atoms with van der Waals surface area (Å²) in [5, 5.41) is 0. The van der Waals surface area contributed by atoms with Gasteiger partial charge in [-0.25, -0.2) is 4.79 Å².